The third-order valence-electron chi connectivity index (χ3n) is 5.97. The van der Waals surface area contributed by atoms with Gasteiger partial charge >= 0.3 is 5.97 Å². The Morgan fingerprint density at radius 3 is 2.00 bits per heavy atom. The molecule has 0 amide bonds. The number of benzene rings is 2. The van der Waals surface area contributed by atoms with Gasteiger partial charge in [-0.15, -0.1) is 0 Å². The summed E-state index contributed by atoms with van der Waals surface area (Å²) in [6, 6.07) is 13.9. The molecule has 2 aromatic carbocycles. The maximum atomic E-state index is 11.9. The Morgan fingerprint density at radius 2 is 1.45 bits per heavy atom. The van der Waals surface area contributed by atoms with Crippen molar-refractivity contribution in [1.82, 2.24) is 0 Å². The van der Waals surface area contributed by atoms with Crippen LogP contribution in [0.2, 0.25) is 0 Å². The Hall–Kier alpha value is -2.55. The first-order valence-electron chi connectivity index (χ1n) is 12.4. The highest BCUT2D eigenvalue weighted by Crippen LogP contribution is 2.37. The topological polar surface area (TPSA) is 35.5 Å². The quantitative estimate of drug-likeness (QED) is 0.184. The van der Waals surface area contributed by atoms with Gasteiger partial charge in [0.25, 0.3) is 0 Å². The van der Waals surface area contributed by atoms with Crippen LogP contribution in [0.25, 0.3) is 0 Å². The molecule has 2 aromatic rings. The third kappa shape index (κ3) is 8.07. The first kappa shape index (κ1) is 26.7. The molecule has 2 rings (SSSR count). The number of esters is 1. The predicted octanol–water partition coefficient (Wildman–Crippen LogP) is 8.68. The van der Waals surface area contributed by atoms with Crippen LogP contribution >= 0.6 is 0 Å². The molecule has 0 N–H and O–H groups in total. The van der Waals surface area contributed by atoms with Gasteiger partial charge < -0.3 is 9.47 Å². The lowest BCUT2D eigenvalue weighted by Gasteiger charge is -2.26. The van der Waals surface area contributed by atoms with Crippen LogP contribution in [-0.2, 0) is 9.47 Å². The molecule has 3 heteroatoms. The summed E-state index contributed by atoms with van der Waals surface area (Å²) in [5.41, 5.74) is 6.13. The summed E-state index contributed by atoms with van der Waals surface area (Å²) in [5, 5.41) is 0. The summed E-state index contributed by atoms with van der Waals surface area (Å²) < 4.78 is 11.5. The molecule has 3 nitrogen and oxygen atoms in total. The Balaban J connectivity index is 1.88. The highest BCUT2D eigenvalue weighted by Gasteiger charge is 2.21. The van der Waals surface area contributed by atoms with E-state index >= 15 is 0 Å². The van der Waals surface area contributed by atoms with E-state index in [-0.39, 0.29) is 12.1 Å². The van der Waals surface area contributed by atoms with Crippen LogP contribution < -0.4 is 0 Å². The van der Waals surface area contributed by atoms with Crippen molar-refractivity contribution in [1.29, 1.82) is 0 Å². The second kappa shape index (κ2) is 13.2. The Morgan fingerprint density at radius 1 is 0.848 bits per heavy atom. The summed E-state index contributed by atoms with van der Waals surface area (Å²) in [6.45, 7) is 16.2. The van der Waals surface area contributed by atoms with Gasteiger partial charge in [0.05, 0.1) is 18.4 Å². The van der Waals surface area contributed by atoms with Crippen LogP contribution in [0.15, 0.2) is 54.8 Å². The van der Waals surface area contributed by atoms with Gasteiger partial charge in [0.15, 0.2) is 0 Å². The van der Waals surface area contributed by atoms with Gasteiger partial charge in [-0.05, 0) is 84.4 Å². The summed E-state index contributed by atoms with van der Waals surface area (Å²) in [5.74, 6) is 1.15. The molecule has 0 aliphatic carbocycles. The first-order valence-corrected chi connectivity index (χ1v) is 12.4. The second-order valence-electron chi connectivity index (χ2n) is 9.72. The second-order valence-corrected chi connectivity index (χ2v) is 9.72. The molecule has 1 atom stereocenters. The molecule has 0 spiro atoms. The zero-order valence-electron chi connectivity index (χ0n) is 21.6. The van der Waals surface area contributed by atoms with Crippen molar-refractivity contribution in [3.63, 3.8) is 0 Å². The van der Waals surface area contributed by atoms with Crippen molar-refractivity contribution in [2.75, 3.05) is 6.61 Å². The molecule has 0 fully saturated rings. The fourth-order valence-electron chi connectivity index (χ4n) is 3.98. The number of unbranched alkanes of at least 4 members (excludes halogenated alkanes) is 2. The first-order chi connectivity index (χ1) is 15.7. The maximum absolute atomic E-state index is 11.9. The van der Waals surface area contributed by atoms with Crippen LogP contribution in [0.5, 0.6) is 0 Å². The molecule has 33 heavy (non-hydrogen) atoms. The largest absolute Gasteiger partial charge is 0.494 e. The monoisotopic (exact) mass is 450 g/mol. The van der Waals surface area contributed by atoms with Crippen LogP contribution in [0.4, 0.5) is 0 Å². The van der Waals surface area contributed by atoms with E-state index in [4.69, 9.17) is 9.47 Å². The minimum atomic E-state index is -0.256. The average Bonchev–Trinajstić information content (AvgIpc) is 2.79. The highest BCUT2D eigenvalue weighted by molar-refractivity contribution is 5.89. The van der Waals surface area contributed by atoms with Gasteiger partial charge in [0.1, 0.15) is 6.10 Å². The molecule has 0 bridgehead atoms. The Labute approximate surface area is 201 Å². The van der Waals surface area contributed by atoms with E-state index in [1.807, 2.05) is 24.5 Å². The van der Waals surface area contributed by atoms with Gasteiger partial charge in [-0.25, -0.2) is 4.79 Å². The zero-order chi connectivity index (χ0) is 24.4. The highest BCUT2D eigenvalue weighted by atomic mass is 16.5. The molecule has 0 aromatic heterocycles. The number of hydrogen-bond acceptors (Lipinski definition) is 3. The lowest BCUT2D eigenvalue weighted by molar-refractivity contribution is 0.0498. The third-order valence-corrected chi connectivity index (χ3v) is 5.97. The zero-order valence-corrected chi connectivity index (χ0v) is 21.6. The van der Waals surface area contributed by atoms with Gasteiger partial charge in [0.2, 0.25) is 0 Å². The summed E-state index contributed by atoms with van der Waals surface area (Å²) in [6.07, 6.45) is 6.60. The van der Waals surface area contributed by atoms with E-state index < -0.39 is 0 Å². The van der Waals surface area contributed by atoms with Crippen LogP contribution in [-0.4, -0.2) is 12.6 Å². The van der Waals surface area contributed by atoms with Crippen molar-refractivity contribution < 1.29 is 14.3 Å². The summed E-state index contributed by atoms with van der Waals surface area (Å²) in [4.78, 5) is 11.9. The standard InChI is InChI=1S/C30H42O3/c1-21(2)26-19-27(22(3)4)29(28(20-26)23(5)6)24(7)32-17-13-8-9-14-18-33-30(31)25-15-11-10-12-16-25/h10-13,15-17,19-24H,8-9,14,18H2,1-7H3/b17-13-. The molecule has 0 heterocycles. The minimum Gasteiger partial charge on any atom is -0.494 e. The van der Waals surface area contributed by atoms with E-state index in [0.29, 0.717) is 29.9 Å². The molecule has 0 saturated heterocycles. The van der Waals surface area contributed by atoms with E-state index in [1.54, 1.807) is 12.1 Å². The summed E-state index contributed by atoms with van der Waals surface area (Å²) >= 11 is 0. The predicted molar refractivity (Wildman–Crippen MR) is 138 cm³/mol. The number of ether oxygens (including phenoxy) is 2. The Bertz CT molecular complexity index is 865. The minimum absolute atomic E-state index is 0.00379. The lowest BCUT2D eigenvalue weighted by atomic mass is 9.82. The smallest absolute Gasteiger partial charge is 0.338 e. The van der Waals surface area contributed by atoms with Crippen LogP contribution in [0.1, 0.15) is 124 Å². The van der Waals surface area contributed by atoms with Gasteiger partial charge in [0, 0.05) is 0 Å². The van der Waals surface area contributed by atoms with Crippen molar-refractivity contribution in [2.24, 2.45) is 0 Å². The number of rotatable bonds is 12. The van der Waals surface area contributed by atoms with Gasteiger partial charge in [-0.3, -0.25) is 0 Å². The molecule has 0 radical (unpaired) electrons. The van der Waals surface area contributed by atoms with Crippen molar-refractivity contribution in [2.45, 2.75) is 91.6 Å². The van der Waals surface area contributed by atoms with Crippen molar-refractivity contribution in [3.05, 3.63) is 82.6 Å². The van der Waals surface area contributed by atoms with Gasteiger partial charge in [-0.1, -0.05) is 71.9 Å². The molecule has 0 saturated carbocycles. The van der Waals surface area contributed by atoms with E-state index in [0.717, 1.165) is 19.3 Å². The number of carbonyl (C=O) groups excluding carboxylic acids is 1. The molecule has 0 aliphatic heterocycles. The molecular formula is C30H42O3. The number of carbonyl (C=O) groups is 1. The van der Waals surface area contributed by atoms with Crippen molar-refractivity contribution >= 4 is 5.97 Å². The molecule has 1 unspecified atom stereocenters. The van der Waals surface area contributed by atoms with Crippen LogP contribution in [0, 0.1) is 0 Å². The van der Waals surface area contributed by atoms with E-state index in [2.05, 4.69) is 66.7 Å². The fourth-order valence-corrected chi connectivity index (χ4v) is 3.98. The Kier molecular flexibility index (Phi) is 10.7. The van der Waals surface area contributed by atoms with Crippen molar-refractivity contribution in [3.8, 4) is 0 Å². The average molecular weight is 451 g/mol. The van der Waals surface area contributed by atoms with Crippen LogP contribution in [0.3, 0.4) is 0 Å². The summed E-state index contributed by atoms with van der Waals surface area (Å²) in [7, 11) is 0. The fraction of sp³-hybridized carbons (Fsp3) is 0.500. The lowest BCUT2D eigenvalue weighted by Crippen LogP contribution is -2.10. The van der Waals surface area contributed by atoms with E-state index in [1.165, 1.54) is 22.3 Å². The molecular weight excluding hydrogens is 408 g/mol. The number of hydrogen-bond donors (Lipinski definition) is 0. The molecule has 0 aliphatic rings. The SMILES string of the molecule is CC(C)c1cc(C(C)C)c(C(C)O/C=C\CCCCOC(=O)c2ccccc2)c(C(C)C)c1. The molecule has 180 valence electrons. The number of allylic oxidation sites excluding steroid dienone is 1. The van der Waals surface area contributed by atoms with Gasteiger partial charge in [-0.2, -0.15) is 0 Å². The normalized spacial score (nSPS) is 12.7. The van der Waals surface area contributed by atoms with E-state index in [9.17, 15) is 4.79 Å². The maximum Gasteiger partial charge on any atom is 0.338 e.